The lowest BCUT2D eigenvalue weighted by atomic mass is 9.98. The summed E-state index contributed by atoms with van der Waals surface area (Å²) in [6, 6.07) is 13.1. The first-order chi connectivity index (χ1) is 19.0. The summed E-state index contributed by atoms with van der Waals surface area (Å²) in [6.45, 7) is 1.54. The van der Waals surface area contributed by atoms with E-state index >= 15 is 0 Å². The fourth-order valence-electron chi connectivity index (χ4n) is 3.93. The normalized spacial score (nSPS) is 11.9. The number of rotatable bonds is 12. The Morgan fingerprint density at radius 1 is 1.00 bits per heavy atom. The van der Waals surface area contributed by atoms with Crippen LogP contribution in [0.4, 0.5) is 4.39 Å². The highest BCUT2D eigenvalue weighted by atomic mass is 35.5. The Bertz CT molecular complexity index is 1430. The lowest BCUT2D eigenvalue weighted by Gasteiger charge is -2.19. The second-order valence-electron chi connectivity index (χ2n) is 8.62. The molecular weight excluding hydrogens is 565 g/mol. The van der Waals surface area contributed by atoms with E-state index in [-0.39, 0.29) is 30.2 Å². The molecule has 3 aromatic rings. The average Bonchev–Trinajstić information content (AvgIpc) is 2.91. The molecule has 214 valence electrons. The largest absolute Gasteiger partial charge is 0.496 e. The van der Waals surface area contributed by atoms with Crippen molar-refractivity contribution >= 4 is 33.6 Å². The number of benzene rings is 3. The van der Waals surface area contributed by atoms with E-state index in [2.05, 4.69) is 5.32 Å². The zero-order valence-corrected chi connectivity index (χ0v) is 23.9. The van der Waals surface area contributed by atoms with Crippen molar-refractivity contribution in [3.8, 4) is 22.6 Å². The van der Waals surface area contributed by atoms with Gasteiger partial charge in [0.25, 0.3) is 16.0 Å². The number of halogens is 2. The number of nitrogens with one attached hydrogen (secondary N) is 1. The zero-order valence-electron chi connectivity index (χ0n) is 22.3. The summed E-state index contributed by atoms with van der Waals surface area (Å²) < 4.78 is 58.1. The third-order valence-corrected chi connectivity index (χ3v) is 6.61. The predicted octanol–water partition coefficient (Wildman–Crippen LogP) is 4.54. The standard InChI is InChI=1S/C28H29ClFNO8S/c1-5-38-28(33)22(31-27(32)26-20(29)7-6-8-21(26)30)13-17-9-11-19(12-10-17)25-23(36-2)14-18(15-24(25)37-3)16-39-40(4,34)35/h6-12,14-15,22H,5,13,16H2,1-4H3,(H,31,32)/t22-/m0/s1. The molecule has 12 heteroatoms. The number of hydrogen-bond acceptors (Lipinski definition) is 8. The molecular formula is C28H29ClFNO8S. The molecule has 0 unspecified atom stereocenters. The van der Waals surface area contributed by atoms with Gasteiger partial charge >= 0.3 is 5.97 Å². The molecule has 0 saturated carbocycles. The molecule has 0 aliphatic carbocycles. The Morgan fingerprint density at radius 3 is 2.15 bits per heavy atom. The van der Waals surface area contributed by atoms with Gasteiger partial charge in [-0.2, -0.15) is 8.42 Å². The van der Waals surface area contributed by atoms with E-state index in [9.17, 15) is 22.4 Å². The van der Waals surface area contributed by atoms with Crippen LogP contribution in [0, 0.1) is 5.82 Å². The van der Waals surface area contributed by atoms with E-state index in [1.54, 1.807) is 43.3 Å². The van der Waals surface area contributed by atoms with Crippen LogP contribution in [0.15, 0.2) is 54.6 Å². The van der Waals surface area contributed by atoms with Crippen LogP contribution >= 0.6 is 11.6 Å². The van der Waals surface area contributed by atoms with E-state index in [1.165, 1.54) is 26.4 Å². The van der Waals surface area contributed by atoms with Gasteiger partial charge in [-0.15, -0.1) is 0 Å². The highest BCUT2D eigenvalue weighted by molar-refractivity contribution is 7.85. The summed E-state index contributed by atoms with van der Waals surface area (Å²) in [6.07, 6.45) is 1.03. The van der Waals surface area contributed by atoms with Crippen molar-refractivity contribution in [2.75, 3.05) is 27.1 Å². The Morgan fingerprint density at radius 2 is 1.62 bits per heavy atom. The number of methoxy groups -OCH3 is 2. The number of ether oxygens (including phenoxy) is 3. The van der Waals surface area contributed by atoms with Crippen molar-refractivity contribution in [2.24, 2.45) is 0 Å². The SMILES string of the molecule is CCOC(=O)[C@H](Cc1ccc(-c2c(OC)cc(COS(C)(=O)=O)cc2OC)cc1)NC(=O)c1c(F)cccc1Cl. The van der Waals surface area contributed by atoms with Crippen molar-refractivity contribution in [1.82, 2.24) is 5.32 Å². The van der Waals surface area contributed by atoms with E-state index < -0.39 is 33.9 Å². The minimum atomic E-state index is -3.64. The first-order valence-electron chi connectivity index (χ1n) is 12.1. The average molecular weight is 594 g/mol. The maximum atomic E-state index is 14.3. The predicted molar refractivity (Wildman–Crippen MR) is 148 cm³/mol. The summed E-state index contributed by atoms with van der Waals surface area (Å²) >= 11 is 6.01. The van der Waals surface area contributed by atoms with Crippen LogP contribution in [-0.4, -0.2) is 53.4 Å². The molecule has 1 atom stereocenters. The smallest absolute Gasteiger partial charge is 0.328 e. The molecule has 0 saturated heterocycles. The molecule has 1 N–H and O–H groups in total. The molecule has 0 spiro atoms. The van der Waals surface area contributed by atoms with Gasteiger partial charge in [-0.05, 0) is 47.9 Å². The van der Waals surface area contributed by atoms with Crippen LogP contribution in [0.1, 0.15) is 28.4 Å². The fraction of sp³-hybridized carbons (Fsp3) is 0.286. The van der Waals surface area contributed by atoms with Gasteiger partial charge in [0.05, 0.1) is 49.8 Å². The molecule has 3 rings (SSSR count). The third kappa shape index (κ3) is 7.93. The highest BCUT2D eigenvalue weighted by Crippen LogP contribution is 2.40. The zero-order chi connectivity index (χ0) is 29.4. The van der Waals surface area contributed by atoms with Crippen LogP contribution in [0.2, 0.25) is 5.02 Å². The van der Waals surface area contributed by atoms with Gasteiger partial charge in [-0.1, -0.05) is 41.9 Å². The second-order valence-corrected chi connectivity index (χ2v) is 10.7. The van der Waals surface area contributed by atoms with Crippen LogP contribution in [0.25, 0.3) is 11.1 Å². The fourth-order valence-corrected chi connectivity index (χ4v) is 4.53. The van der Waals surface area contributed by atoms with Crippen molar-refractivity contribution < 1.29 is 40.8 Å². The lowest BCUT2D eigenvalue weighted by Crippen LogP contribution is -2.43. The summed E-state index contributed by atoms with van der Waals surface area (Å²) in [7, 11) is -0.693. The van der Waals surface area contributed by atoms with E-state index in [0.29, 0.717) is 33.8 Å². The van der Waals surface area contributed by atoms with Crippen molar-refractivity contribution in [1.29, 1.82) is 0 Å². The van der Waals surface area contributed by atoms with Gasteiger partial charge in [0, 0.05) is 6.42 Å². The molecule has 9 nitrogen and oxygen atoms in total. The molecule has 0 radical (unpaired) electrons. The van der Waals surface area contributed by atoms with Crippen molar-refractivity contribution in [3.05, 3.63) is 82.1 Å². The third-order valence-electron chi connectivity index (χ3n) is 5.75. The Kier molecular flexibility index (Phi) is 10.5. The monoisotopic (exact) mass is 593 g/mol. The van der Waals surface area contributed by atoms with Gasteiger partial charge in [0.2, 0.25) is 0 Å². The topological polar surface area (TPSA) is 117 Å². The molecule has 1 amide bonds. The molecule has 0 aromatic heterocycles. The Balaban J connectivity index is 1.87. The summed E-state index contributed by atoms with van der Waals surface area (Å²) in [5.74, 6) is -1.47. The minimum absolute atomic E-state index is 0.0625. The lowest BCUT2D eigenvalue weighted by molar-refractivity contribution is -0.145. The summed E-state index contributed by atoms with van der Waals surface area (Å²) in [5.41, 5.74) is 2.17. The van der Waals surface area contributed by atoms with Gasteiger partial charge < -0.3 is 19.5 Å². The van der Waals surface area contributed by atoms with Gasteiger partial charge in [-0.25, -0.2) is 9.18 Å². The van der Waals surface area contributed by atoms with E-state index in [0.717, 1.165) is 12.3 Å². The molecule has 40 heavy (non-hydrogen) atoms. The van der Waals surface area contributed by atoms with Crippen LogP contribution in [0.3, 0.4) is 0 Å². The molecule has 3 aromatic carbocycles. The highest BCUT2D eigenvalue weighted by Gasteiger charge is 2.26. The molecule has 0 aliphatic heterocycles. The molecule has 0 fully saturated rings. The van der Waals surface area contributed by atoms with Crippen LogP contribution < -0.4 is 14.8 Å². The van der Waals surface area contributed by atoms with Crippen molar-refractivity contribution in [2.45, 2.75) is 26.0 Å². The maximum Gasteiger partial charge on any atom is 0.328 e. The minimum Gasteiger partial charge on any atom is -0.496 e. The van der Waals surface area contributed by atoms with E-state index in [4.69, 9.17) is 30.0 Å². The quantitative estimate of drug-likeness (QED) is 0.240. The van der Waals surface area contributed by atoms with Crippen LogP contribution in [0.5, 0.6) is 11.5 Å². The first-order valence-corrected chi connectivity index (χ1v) is 14.3. The maximum absolute atomic E-state index is 14.3. The molecule has 0 bridgehead atoms. The number of carbonyl (C=O) groups is 2. The first kappa shape index (κ1) is 30.9. The number of esters is 1. The number of carbonyl (C=O) groups excluding carboxylic acids is 2. The Hall–Kier alpha value is -3.67. The van der Waals surface area contributed by atoms with Crippen LogP contribution in [-0.2, 0) is 36.9 Å². The van der Waals surface area contributed by atoms with Gasteiger partial charge in [0.1, 0.15) is 23.4 Å². The van der Waals surface area contributed by atoms with Crippen molar-refractivity contribution in [3.63, 3.8) is 0 Å². The summed E-state index contributed by atoms with van der Waals surface area (Å²) in [4.78, 5) is 25.4. The Labute approximate surface area is 237 Å². The van der Waals surface area contributed by atoms with Gasteiger partial charge in [-0.3, -0.25) is 8.98 Å². The molecule has 0 aliphatic rings. The second kappa shape index (κ2) is 13.6. The van der Waals surface area contributed by atoms with Gasteiger partial charge in [0.15, 0.2) is 0 Å². The molecule has 0 heterocycles. The van der Waals surface area contributed by atoms with E-state index in [1.807, 2.05) is 0 Å². The summed E-state index contributed by atoms with van der Waals surface area (Å²) in [5, 5.41) is 2.44. The number of hydrogen-bond donors (Lipinski definition) is 1. The number of amides is 1.